The highest BCUT2D eigenvalue weighted by molar-refractivity contribution is 5.90. The van der Waals surface area contributed by atoms with E-state index < -0.39 is 18.0 Å². The molecule has 0 spiro atoms. The molecule has 2 aliphatic rings. The molecule has 3 amide bonds. The molecule has 33 heavy (non-hydrogen) atoms. The fraction of sp³-hybridized carbons (Fsp3) is 0.450. The van der Waals surface area contributed by atoms with Crippen molar-refractivity contribution >= 4 is 29.3 Å². The molecule has 0 saturated carbocycles. The van der Waals surface area contributed by atoms with Crippen LogP contribution in [0.2, 0.25) is 0 Å². The molecule has 0 radical (unpaired) electrons. The standard InChI is InChI=1S/C20H24FN7O5/c1-13(29)22-11-16-12-27(20(31)33-16)15-2-3-18(17(21)9-15)26-4-5-28(32-7-6-26)19(30)8-14-10-23-25-24-14/h2-3,9-10,16H,4-8,11-12H2,1H3,(H,22,29)(H,23,24,25). The summed E-state index contributed by atoms with van der Waals surface area (Å²) in [7, 11) is 0. The average molecular weight is 461 g/mol. The number of benzene rings is 1. The molecule has 2 fully saturated rings. The predicted octanol–water partition coefficient (Wildman–Crippen LogP) is 0.228. The summed E-state index contributed by atoms with van der Waals surface area (Å²) in [5.74, 6) is -0.990. The molecule has 2 aromatic rings. The normalized spacial score (nSPS) is 18.8. The van der Waals surface area contributed by atoms with Crippen LogP contribution in [0.5, 0.6) is 0 Å². The van der Waals surface area contributed by atoms with Crippen LogP contribution in [-0.2, 0) is 25.6 Å². The zero-order valence-electron chi connectivity index (χ0n) is 18.0. The van der Waals surface area contributed by atoms with Crippen LogP contribution in [0.4, 0.5) is 20.6 Å². The highest BCUT2D eigenvalue weighted by Crippen LogP contribution is 2.28. The van der Waals surface area contributed by atoms with Crippen LogP contribution < -0.4 is 15.1 Å². The van der Waals surface area contributed by atoms with Gasteiger partial charge in [0.2, 0.25) is 5.91 Å². The number of H-pyrrole nitrogens is 1. The number of rotatable bonds is 6. The van der Waals surface area contributed by atoms with Gasteiger partial charge in [-0.1, -0.05) is 0 Å². The third kappa shape index (κ3) is 5.37. The number of amides is 3. The summed E-state index contributed by atoms with van der Waals surface area (Å²) in [5.41, 5.74) is 1.21. The zero-order valence-corrected chi connectivity index (χ0v) is 18.0. The molecule has 3 heterocycles. The van der Waals surface area contributed by atoms with Crippen molar-refractivity contribution < 1.29 is 28.3 Å². The summed E-state index contributed by atoms with van der Waals surface area (Å²) >= 11 is 0. The van der Waals surface area contributed by atoms with Crippen LogP contribution in [0.1, 0.15) is 12.6 Å². The van der Waals surface area contributed by atoms with Gasteiger partial charge in [0.05, 0.1) is 55.9 Å². The maximum atomic E-state index is 15.0. The van der Waals surface area contributed by atoms with Crippen molar-refractivity contribution in [3.63, 3.8) is 0 Å². The number of cyclic esters (lactones) is 1. The topological polar surface area (TPSA) is 133 Å². The lowest BCUT2D eigenvalue weighted by atomic mass is 10.2. The van der Waals surface area contributed by atoms with Gasteiger partial charge in [-0.05, 0) is 18.2 Å². The molecule has 0 aliphatic carbocycles. The number of carbonyl (C=O) groups excluding carboxylic acids is 3. The van der Waals surface area contributed by atoms with Crippen molar-refractivity contribution in [2.24, 2.45) is 0 Å². The molecule has 4 rings (SSSR count). The molecule has 1 atom stereocenters. The summed E-state index contributed by atoms with van der Waals surface area (Å²) in [6, 6.07) is 4.50. The van der Waals surface area contributed by atoms with Gasteiger partial charge < -0.3 is 15.0 Å². The molecule has 12 nitrogen and oxygen atoms in total. The number of anilines is 2. The second-order valence-corrected chi connectivity index (χ2v) is 7.64. The van der Waals surface area contributed by atoms with E-state index in [0.717, 1.165) is 0 Å². The summed E-state index contributed by atoms with van der Waals surface area (Å²) in [6.07, 6.45) is 0.417. The number of halogens is 1. The SMILES string of the molecule is CC(=O)NCC1CN(c2ccc(N3CCON(C(=O)Cc4cn[nH]n4)CC3)c(F)c2)C(=O)O1. The summed E-state index contributed by atoms with van der Waals surface area (Å²) < 4.78 is 20.2. The van der Waals surface area contributed by atoms with Crippen LogP contribution in [-0.4, -0.2) is 83.8 Å². The van der Waals surface area contributed by atoms with Crippen molar-refractivity contribution in [3.8, 4) is 0 Å². The maximum Gasteiger partial charge on any atom is 0.414 e. The van der Waals surface area contributed by atoms with E-state index in [9.17, 15) is 18.8 Å². The first-order valence-electron chi connectivity index (χ1n) is 10.5. The minimum Gasteiger partial charge on any atom is -0.442 e. The van der Waals surface area contributed by atoms with Gasteiger partial charge in [-0.2, -0.15) is 15.4 Å². The lowest BCUT2D eigenvalue weighted by Gasteiger charge is -2.24. The van der Waals surface area contributed by atoms with Crippen LogP contribution in [0, 0.1) is 5.82 Å². The zero-order chi connectivity index (χ0) is 23.4. The first-order valence-corrected chi connectivity index (χ1v) is 10.5. The first kappa shape index (κ1) is 22.5. The molecule has 2 aliphatic heterocycles. The van der Waals surface area contributed by atoms with E-state index in [1.165, 1.54) is 29.2 Å². The Labute approximate surface area is 188 Å². The number of hydroxylamine groups is 2. The molecular formula is C20H24FN7O5. The third-order valence-corrected chi connectivity index (χ3v) is 5.29. The molecule has 13 heteroatoms. The number of nitrogens with one attached hydrogen (secondary N) is 2. The Morgan fingerprint density at radius 3 is 2.88 bits per heavy atom. The fourth-order valence-electron chi connectivity index (χ4n) is 3.66. The molecule has 2 saturated heterocycles. The first-order chi connectivity index (χ1) is 15.9. The quantitative estimate of drug-likeness (QED) is 0.625. The molecule has 1 unspecified atom stereocenters. The highest BCUT2D eigenvalue weighted by atomic mass is 19.1. The number of aromatic nitrogens is 3. The number of nitrogens with zero attached hydrogens (tertiary/aromatic N) is 5. The van der Waals surface area contributed by atoms with E-state index in [0.29, 0.717) is 30.2 Å². The van der Waals surface area contributed by atoms with Crippen molar-refractivity contribution in [1.82, 2.24) is 25.8 Å². The average Bonchev–Trinajstić information content (AvgIpc) is 3.35. The summed E-state index contributed by atoms with van der Waals surface area (Å²) in [5, 5.41) is 13.9. The van der Waals surface area contributed by atoms with Crippen LogP contribution in [0.15, 0.2) is 24.4 Å². The minimum absolute atomic E-state index is 0.0500. The van der Waals surface area contributed by atoms with Gasteiger partial charge in [0.1, 0.15) is 11.9 Å². The summed E-state index contributed by atoms with van der Waals surface area (Å²) in [6.45, 7) is 2.98. The molecule has 176 valence electrons. The van der Waals surface area contributed by atoms with E-state index in [-0.39, 0.29) is 44.5 Å². The Morgan fingerprint density at radius 2 is 2.15 bits per heavy atom. The van der Waals surface area contributed by atoms with Crippen LogP contribution in [0.3, 0.4) is 0 Å². The maximum absolute atomic E-state index is 15.0. The highest BCUT2D eigenvalue weighted by Gasteiger charge is 2.33. The number of carbonyl (C=O) groups is 3. The van der Waals surface area contributed by atoms with Gasteiger partial charge in [0.25, 0.3) is 5.91 Å². The van der Waals surface area contributed by atoms with Gasteiger partial charge in [-0.25, -0.2) is 14.2 Å². The summed E-state index contributed by atoms with van der Waals surface area (Å²) in [4.78, 5) is 44.3. The fourth-order valence-corrected chi connectivity index (χ4v) is 3.66. The lowest BCUT2D eigenvalue weighted by molar-refractivity contribution is -0.181. The Balaban J connectivity index is 1.37. The molecule has 0 bridgehead atoms. The molecule has 1 aromatic carbocycles. The largest absolute Gasteiger partial charge is 0.442 e. The molecular weight excluding hydrogens is 437 g/mol. The third-order valence-electron chi connectivity index (χ3n) is 5.29. The van der Waals surface area contributed by atoms with Crippen molar-refractivity contribution in [2.75, 3.05) is 49.1 Å². The van der Waals surface area contributed by atoms with Crippen molar-refractivity contribution in [2.45, 2.75) is 19.4 Å². The van der Waals surface area contributed by atoms with E-state index in [1.807, 2.05) is 0 Å². The minimum atomic E-state index is -0.595. The van der Waals surface area contributed by atoms with Crippen molar-refractivity contribution in [3.05, 3.63) is 35.9 Å². The number of ether oxygens (including phenoxy) is 1. The Kier molecular flexibility index (Phi) is 6.68. The number of aromatic amines is 1. The van der Waals surface area contributed by atoms with Crippen LogP contribution in [0.25, 0.3) is 0 Å². The smallest absolute Gasteiger partial charge is 0.414 e. The Morgan fingerprint density at radius 1 is 1.30 bits per heavy atom. The van der Waals surface area contributed by atoms with E-state index >= 15 is 0 Å². The van der Waals surface area contributed by atoms with Gasteiger partial charge in [-0.15, -0.1) is 0 Å². The Bertz CT molecular complexity index is 1020. The predicted molar refractivity (Wildman–Crippen MR) is 113 cm³/mol. The van der Waals surface area contributed by atoms with E-state index in [4.69, 9.17) is 9.57 Å². The second-order valence-electron chi connectivity index (χ2n) is 7.64. The van der Waals surface area contributed by atoms with Crippen molar-refractivity contribution in [1.29, 1.82) is 0 Å². The second kappa shape index (κ2) is 9.81. The van der Waals surface area contributed by atoms with Gasteiger partial charge in [0.15, 0.2) is 0 Å². The molecule has 2 N–H and O–H groups in total. The van der Waals surface area contributed by atoms with E-state index in [1.54, 1.807) is 17.0 Å². The van der Waals surface area contributed by atoms with Crippen LogP contribution >= 0.6 is 0 Å². The van der Waals surface area contributed by atoms with Gasteiger partial charge in [0, 0.05) is 20.0 Å². The molecule has 1 aromatic heterocycles. The van der Waals surface area contributed by atoms with Gasteiger partial charge >= 0.3 is 6.09 Å². The monoisotopic (exact) mass is 461 g/mol. The number of hydrogen-bond acceptors (Lipinski definition) is 8. The van der Waals surface area contributed by atoms with Gasteiger partial charge in [-0.3, -0.25) is 19.3 Å². The lowest BCUT2D eigenvalue weighted by Crippen LogP contribution is -2.35. The Hall–Kier alpha value is -3.74. The van der Waals surface area contributed by atoms with E-state index in [2.05, 4.69) is 20.7 Å². The number of hydrogen-bond donors (Lipinski definition) is 2.